The van der Waals surface area contributed by atoms with Crippen LogP contribution in [0.4, 0.5) is 8.78 Å². The zero-order valence-electron chi connectivity index (χ0n) is 19.2. The lowest BCUT2D eigenvalue weighted by Gasteiger charge is -2.36. The van der Waals surface area contributed by atoms with Gasteiger partial charge in [-0.05, 0) is 53.6 Å². The molecule has 37 heavy (non-hydrogen) atoms. The lowest BCUT2D eigenvalue weighted by molar-refractivity contribution is 0.422. The van der Waals surface area contributed by atoms with Crippen LogP contribution in [-0.4, -0.2) is 20.8 Å². The van der Waals surface area contributed by atoms with Gasteiger partial charge in [-0.3, -0.25) is 4.98 Å². The molecule has 3 aromatic heterocycles. The maximum absolute atomic E-state index is 14.7. The van der Waals surface area contributed by atoms with Crippen molar-refractivity contribution in [1.82, 2.24) is 15.0 Å². The topological polar surface area (TPSA) is 86.3 Å². The van der Waals surface area contributed by atoms with Gasteiger partial charge in [0, 0.05) is 34.6 Å². The summed E-state index contributed by atoms with van der Waals surface area (Å²) in [5, 5.41) is 0. The number of rotatable bonds is 2. The Morgan fingerprint density at radius 3 is 2.16 bits per heavy atom. The van der Waals surface area contributed by atoms with Crippen molar-refractivity contribution in [2.75, 3.05) is 0 Å². The number of amidine groups is 1. The number of pyridine rings is 3. The molecule has 0 unspecified atom stereocenters. The van der Waals surface area contributed by atoms with E-state index in [0.717, 1.165) is 11.1 Å². The zero-order chi connectivity index (χ0) is 25.1. The largest absolute Gasteiger partial charge is 0.455 e. The Morgan fingerprint density at radius 2 is 1.38 bits per heavy atom. The lowest BCUT2D eigenvalue weighted by atomic mass is 9.75. The van der Waals surface area contributed by atoms with Crippen LogP contribution in [0.3, 0.4) is 0 Å². The summed E-state index contributed by atoms with van der Waals surface area (Å²) in [6.07, 6.45) is 4.35. The smallest absolute Gasteiger partial charge is 0.222 e. The van der Waals surface area contributed by atoms with E-state index in [4.69, 9.17) is 15.5 Å². The fraction of sp³-hybridized carbons (Fsp3) is 0.0345. The van der Waals surface area contributed by atoms with Gasteiger partial charge >= 0.3 is 0 Å². The molecule has 0 fully saturated rings. The molecule has 5 aromatic rings. The van der Waals surface area contributed by atoms with Crippen molar-refractivity contribution in [3.8, 4) is 33.9 Å². The molecule has 0 radical (unpaired) electrons. The van der Waals surface area contributed by atoms with Crippen molar-refractivity contribution in [3.05, 3.63) is 126 Å². The van der Waals surface area contributed by atoms with Crippen molar-refractivity contribution in [1.29, 1.82) is 0 Å². The van der Waals surface area contributed by atoms with E-state index in [1.54, 1.807) is 48.7 Å². The van der Waals surface area contributed by atoms with E-state index in [9.17, 15) is 8.78 Å². The van der Waals surface area contributed by atoms with Crippen LogP contribution in [0.1, 0.15) is 22.3 Å². The molecule has 2 N–H and O–H groups in total. The number of nitrogens with zero attached hydrogens (tertiary/aromatic N) is 4. The van der Waals surface area contributed by atoms with Gasteiger partial charge in [-0.25, -0.2) is 15.0 Å². The number of halogens is 2. The molecule has 0 amide bonds. The van der Waals surface area contributed by atoms with E-state index in [2.05, 4.69) is 15.0 Å². The summed E-state index contributed by atoms with van der Waals surface area (Å²) in [6.45, 7) is 0. The molecule has 0 saturated carbocycles. The van der Waals surface area contributed by atoms with Gasteiger partial charge in [0.25, 0.3) is 0 Å². The Hall–Kier alpha value is -4.98. The van der Waals surface area contributed by atoms with E-state index < -0.39 is 17.4 Å². The summed E-state index contributed by atoms with van der Waals surface area (Å²) in [6, 6.07) is 21.5. The first kappa shape index (κ1) is 21.3. The maximum Gasteiger partial charge on any atom is 0.222 e. The highest BCUT2D eigenvalue weighted by Crippen LogP contribution is 2.56. The molecule has 178 valence electrons. The first-order chi connectivity index (χ1) is 18.1. The number of fused-ring (bicyclic) bond motifs is 6. The standard InChI is InChI=1S/C29H17F2N5O/c30-26-17(6-3-11-33-26)16-9-10-24-21(13-16)29(20-8-2-1-5-18(20)28(32)36-29)22-14-23(35-15-25(22)37-24)19-7-4-12-34-27(19)31/h1-15H,(H2,32,36)/t29-/m1/s1. The van der Waals surface area contributed by atoms with Crippen molar-refractivity contribution in [2.45, 2.75) is 5.54 Å². The number of hydrogen-bond donors (Lipinski definition) is 1. The molecule has 2 aliphatic rings. The Kier molecular flexibility index (Phi) is 4.47. The van der Waals surface area contributed by atoms with Gasteiger partial charge in [-0.2, -0.15) is 8.78 Å². The number of aromatic nitrogens is 3. The molecule has 8 heteroatoms. The number of benzene rings is 2. The minimum atomic E-state index is -1.12. The molecule has 1 spiro atoms. The van der Waals surface area contributed by atoms with Crippen LogP contribution in [0, 0.1) is 11.9 Å². The van der Waals surface area contributed by atoms with Gasteiger partial charge in [0.1, 0.15) is 17.1 Å². The fourth-order valence-electron chi connectivity index (χ4n) is 5.20. The second-order valence-electron chi connectivity index (χ2n) is 8.82. The van der Waals surface area contributed by atoms with Gasteiger partial charge in [-0.15, -0.1) is 0 Å². The van der Waals surface area contributed by atoms with Crippen LogP contribution >= 0.6 is 0 Å². The first-order valence-electron chi connectivity index (χ1n) is 11.6. The molecule has 5 heterocycles. The third-order valence-electron chi connectivity index (χ3n) is 6.83. The van der Waals surface area contributed by atoms with Crippen molar-refractivity contribution < 1.29 is 13.5 Å². The second-order valence-corrected chi connectivity index (χ2v) is 8.82. The molecule has 0 aliphatic carbocycles. The number of ether oxygens (including phenoxy) is 1. The number of nitrogens with two attached hydrogens (primary N) is 1. The molecule has 2 aromatic carbocycles. The summed E-state index contributed by atoms with van der Waals surface area (Å²) in [5.74, 6) is 0.149. The third kappa shape index (κ3) is 3.02. The molecule has 7 rings (SSSR count). The molecular formula is C29H17F2N5O. The minimum absolute atomic E-state index is 0.251. The van der Waals surface area contributed by atoms with Gasteiger partial charge < -0.3 is 10.5 Å². The molecule has 2 aliphatic heterocycles. The predicted molar refractivity (Wildman–Crippen MR) is 134 cm³/mol. The summed E-state index contributed by atoms with van der Waals surface area (Å²) >= 11 is 0. The summed E-state index contributed by atoms with van der Waals surface area (Å²) < 4.78 is 35.5. The van der Waals surface area contributed by atoms with Gasteiger partial charge in [0.2, 0.25) is 11.9 Å². The monoisotopic (exact) mass is 489 g/mol. The quantitative estimate of drug-likeness (QED) is 0.326. The Balaban J connectivity index is 1.54. The normalized spacial score (nSPS) is 17.0. The molecular weight excluding hydrogens is 472 g/mol. The van der Waals surface area contributed by atoms with E-state index in [-0.39, 0.29) is 5.56 Å². The van der Waals surface area contributed by atoms with Crippen LogP contribution in [-0.2, 0) is 5.54 Å². The SMILES string of the molecule is NC1=N[C@@]2(c3cc(-c4cccnc4F)ccc3Oc3cnc(-c4cccnc4F)cc32)c2ccccc21. The van der Waals surface area contributed by atoms with E-state index in [0.29, 0.717) is 45.3 Å². The lowest BCUT2D eigenvalue weighted by Crippen LogP contribution is -2.30. The van der Waals surface area contributed by atoms with Crippen molar-refractivity contribution in [3.63, 3.8) is 0 Å². The van der Waals surface area contributed by atoms with Crippen LogP contribution in [0.5, 0.6) is 11.5 Å². The van der Waals surface area contributed by atoms with Crippen LogP contribution in [0.15, 0.2) is 96.4 Å². The average Bonchev–Trinajstić information content (AvgIpc) is 3.22. The second kappa shape index (κ2) is 7.76. The average molecular weight is 489 g/mol. The van der Waals surface area contributed by atoms with Crippen molar-refractivity contribution in [2.24, 2.45) is 10.7 Å². The van der Waals surface area contributed by atoms with E-state index in [1.807, 2.05) is 30.3 Å². The molecule has 6 nitrogen and oxygen atoms in total. The van der Waals surface area contributed by atoms with Crippen LogP contribution in [0.25, 0.3) is 22.4 Å². The highest BCUT2D eigenvalue weighted by atomic mass is 19.1. The van der Waals surface area contributed by atoms with E-state index in [1.165, 1.54) is 12.4 Å². The highest BCUT2D eigenvalue weighted by molar-refractivity contribution is 6.03. The highest BCUT2D eigenvalue weighted by Gasteiger charge is 2.49. The van der Waals surface area contributed by atoms with Crippen LogP contribution < -0.4 is 10.5 Å². The molecule has 0 bridgehead atoms. The zero-order valence-corrected chi connectivity index (χ0v) is 19.2. The van der Waals surface area contributed by atoms with Crippen LogP contribution in [0.2, 0.25) is 0 Å². The Bertz CT molecular complexity index is 1670. The number of hydrogen-bond acceptors (Lipinski definition) is 6. The summed E-state index contributed by atoms with van der Waals surface area (Å²) in [4.78, 5) is 17.0. The fourth-order valence-corrected chi connectivity index (χ4v) is 5.20. The third-order valence-corrected chi connectivity index (χ3v) is 6.83. The Morgan fingerprint density at radius 1 is 0.676 bits per heavy atom. The summed E-state index contributed by atoms with van der Waals surface area (Å²) in [5.41, 5.74) is 9.88. The minimum Gasteiger partial charge on any atom is -0.455 e. The van der Waals surface area contributed by atoms with Gasteiger partial charge in [0.15, 0.2) is 5.75 Å². The maximum atomic E-state index is 14.7. The van der Waals surface area contributed by atoms with Gasteiger partial charge in [0.05, 0.1) is 17.5 Å². The van der Waals surface area contributed by atoms with E-state index >= 15 is 0 Å². The van der Waals surface area contributed by atoms with Crippen molar-refractivity contribution >= 4 is 5.84 Å². The predicted octanol–water partition coefficient (Wildman–Crippen LogP) is 5.60. The number of aliphatic imine (C=N–C) groups is 1. The van der Waals surface area contributed by atoms with Gasteiger partial charge in [-0.1, -0.05) is 30.3 Å². The molecule has 0 saturated heterocycles. The molecule has 1 atom stereocenters. The first-order valence-corrected chi connectivity index (χ1v) is 11.6. The Labute approximate surface area is 210 Å². The summed E-state index contributed by atoms with van der Waals surface area (Å²) in [7, 11) is 0.